The summed E-state index contributed by atoms with van der Waals surface area (Å²) in [6, 6.07) is 7.58. The molecule has 18 heavy (non-hydrogen) atoms. The molecule has 100 valence electrons. The van der Waals surface area contributed by atoms with Gasteiger partial charge in [-0.25, -0.2) is 0 Å². The molecule has 0 aliphatic carbocycles. The van der Waals surface area contributed by atoms with Gasteiger partial charge in [0.2, 0.25) is 0 Å². The summed E-state index contributed by atoms with van der Waals surface area (Å²) in [7, 11) is 0. The summed E-state index contributed by atoms with van der Waals surface area (Å²) in [4.78, 5) is 0. The summed E-state index contributed by atoms with van der Waals surface area (Å²) >= 11 is 0. The zero-order chi connectivity index (χ0) is 13.2. The van der Waals surface area contributed by atoms with Crippen LogP contribution < -0.4 is 4.74 Å². The minimum atomic E-state index is -0.463. The van der Waals surface area contributed by atoms with Gasteiger partial charge in [-0.3, -0.25) is 0 Å². The van der Waals surface area contributed by atoms with Crippen molar-refractivity contribution >= 4 is 0 Å². The highest BCUT2D eigenvalue weighted by atomic mass is 16.6. The molecule has 1 saturated heterocycles. The Kier molecular flexibility index (Phi) is 3.93. The summed E-state index contributed by atoms with van der Waals surface area (Å²) in [6.07, 6.45) is 1.84. The van der Waals surface area contributed by atoms with Crippen molar-refractivity contribution in [2.24, 2.45) is 0 Å². The maximum atomic E-state index is 9.52. The molecular formula is C15H22O3. The third kappa shape index (κ3) is 3.47. The maximum Gasteiger partial charge on any atom is 0.119 e. The molecule has 2 rings (SSSR count). The van der Waals surface area contributed by atoms with E-state index in [0.717, 1.165) is 24.2 Å². The predicted molar refractivity (Wildman–Crippen MR) is 70.8 cm³/mol. The lowest BCUT2D eigenvalue weighted by molar-refractivity contribution is -0.0326. The van der Waals surface area contributed by atoms with Crippen LogP contribution in [0.5, 0.6) is 5.75 Å². The average Bonchev–Trinajstić information content (AvgIpc) is 2.67. The quantitative estimate of drug-likeness (QED) is 0.892. The van der Waals surface area contributed by atoms with Crippen LogP contribution >= 0.6 is 0 Å². The molecule has 1 unspecified atom stereocenters. The van der Waals surface area contributed by atoms with Gasteiger partial charge < -0.3 is 14.6 Å². The second kappa shape index (κ2) is 5.29. The van der Waals surface area contributed by atoms with Crippen LogP contribution in [0.25, 0.3) is 0 Å². The molecule has 1 N–H and O–H groups in total. The fourth-order valence-corrected chi connectivity index (χ4v) is 2.25. The van der Waals surface area contributed by atoms with Crippen molar-refractivity contribution in [3.05, 3.63) is 29.8 Å². The Labute approximate surface area is 109 Å². The second-order valence-electron chi connectivity index (χ2n) is 5.60. The molecule has 1 aliphatic rings. The highest BCUT2D eigenvalue weighted by Crippen LogP contribution is 2.29. The van der Waals surface area contributed by atoms with Crippen molar-refractivity contribution in [1.82, 2.24) is 0 Å². The number of aliphatic hydroxyl groups is 1. The number of hydrogen-bond donors (Lipinski definition) is 1. The lowest BCUT2D eigenvalue weighted by Gasteiger charge is -2.19. The number of benzene rings is 1. The smallest absolute Gasteiger partial charge is 0.119 e. The van der Waals surface area contributed by atoms with Gasteiger partial charge in [0.15, 0.2) is 0 Å². The van der Waals surface area contributed by atoms with Gasteiger partial charge in [-0.2, -0.15) is 0 Å². The molecule has 1 aromatic rings. The minimum absolute atomic E-state index is 0.0184. The standard InChI is InChI=1S/C15H22O3/c1-11(16)12-5-4-6-13(9-12)17-10-14-7-8-15(2,3)18-14/h4-6,9,11,14,16H,7-8,10H2,1-3H3/t11-,14?/m1/s1. The predicted octanol–water partition coefficient (Wildman–Crippen LogP) is 3.08. The van der Waals surface area contributed by atoms with Crippen molar-refractivity contribution in [3.8, 4) is 5.75 Å². The van der Waals surface area contributed by atoms with E-state index in [1.54, 1.807) is 6.92 Å². The first kappa shape index (κ1) is 13.4. The van der Waals surface area contributed by atoms with Crippen molar-refractivity contribution in [2.75, 3.05) is 6.61 Å². The van der Waals surface area contributed by atoms with E-state index < -0.39 is 6.10 Å². The van der Waals surface area contributed by atoms with Crippen molar-refractivity contribution < 1.29 is 14.6 Å². The molecule has 1 heterocycles. The van der Waals surface area contributed by atoms with Gasteiger partial charge in [0, 0.05) is 0 Å². The third-order valence-corrected chi connectivity index (χ3v) is 3.33. The van der Waals surface area contributed by atoms with E-state index in [0.29, 0.717) is 6.61 Å². The van der Waals surface area contributed by atoms with Crippen LogP contribution in [0, 0.1) is 0 Å². The third-order valence-electron chi connectivity index (χ3n) is 3.33. The molecule has 1 aliphatic heterocycles. The highest BCUT2D eigenvalue weighted by molar-refractivity contribution is 5.29. The SMILES string of the molecule is C[C@@H](O)c1cccc(OCC2CCC(C)(C)O2)c1. The lowest BCUT2D eigenvalue weighted by atomic mass is 10.1. The van der Waals surface area contributed by atoms with E-state index in [2.05, 4.69) is 13.8 Å². The van der Waals surface area contributed by atoms with Crippen LogP contribution in [0.15, 0.2) is 24.3 Å². The van der Waals surface area contributed by atoms with Crippen LogP contribution in [0.4, 0.5) is 0 Å². The van der Waals surface area contributed by atoms with Gasteiger partial charge in [0.25, 0.3) is 0 Å². The largest absolute Gasteiger partial charge is 0.491 e. The van der Waals surface area contributed by atoms with Gasteiger partial charge in [-0.05, 0) is 51.3 Å². The van der Waals surface area contributed by atoms with Gasteiger partial charge in [-0.1, -0.05) is 12.1 Å². The second-order valence-corrected chi connectivity index (χ2v) is 5.60. The van der Waals surface area contributed by atoms with E-state index >= 15 is 0 Å². The topological polar surface area (TPSA) is 38.7 Å². The first-order valence-corrected chi connectivity index (χ1v) is 6.55. The monoisotopic (exact) mass is 250 g/mol. The van der Waals surface area contributed by atoms with Crippen LogP contribution in [0.3, 0.4) is 0 Å². The Morgan fingerprint density at radius 2 is 2.28 bits per heavy atom. The minimum Gasteiger partial charge on any atom is -0.491 e. The highest BCUT2D eigenvalue weighted by Gasteiger charge is 2.31. The number of aliphatic hydroxyl groups excluding tert-OH is 1. The summed E-state index contributed by atoms with van der Waals surface area (Å²) in [5.74, 6) is 0.793. The molecule has 0 saturated carbocycles. The molecule has 0 amide bonds. The van der Waals surface area contributed by atoms with E-state index in [1.807, 2.05) is 24.3 Å². The Morgan fingerprint density at radius 3 is 2.89 bits per heavy atom. The van der Waals surface area contributed by atoms with Gasteiger partial charge in [0.05, 0.1) is 17.8 Å². The summed E-state index contributed by atoms with van der Waals surface area (Å²) < 4.78 is 11.6. The van der Waals surface area contributed by atoms with E-state index in [1.165, 1.54) is 0 Å². The molecule has 0 radical (unpaired) electrons. The van der Waals surface area contributed by atoms with Gasteiger partial charge in [-0.15, -0.1) is 0 Å². The van der Waals surface area contributed by atoms with Crippen molar-refractivity contribution in [2.45, 2.75) is 51.4 Å². The zero-order valence-electron chi connectivity index (χ0n) is 11.3. The van der Waals surface area contributed by atoms with E-state index in [4.69, 9.17) is 9.47 Å². The normalized spacial score (nSPS) is 23.9. The first-order valence-electron chi connectivity index (χ1n) is 6.55. The zero-order valence-corrected chi connectivity index (χ0v) is 11.3. The van der Waals surface area contributed by atoms with Gasteiger partial charge >= 0.3 is 0 Å². The maximum absolute atomic E-state index is 9.52. The first-order chi connectivity index (χ1) is 8.46. The fourth-order valence-electron chi connectivity index (χ4n) is 2.25. The van der Waals surface area contributed by atoms with Crippen molar-refractivity contribution in [1.29, 1.82) is 0 Å². The van der Waals surface area contributed by atoms with Gasteiger partial charge in [0.1, 0.15) is 12.4 Å². The molecule has 0 bridgehead atoms. The Hall–Kier alpha value is -1.06. The number of rotatable bonds is 4. The average molecular weight is 250 g/mol. The Bertz CT molecular complexity index is 398. The van der Waals surface area contributed by atoms with Crippen LogP contribution in [-0.2, 0) is 4.74 Å². The van der Waals surface area contributed by atoms with Crippen LogP contribution in [0.2, 0.25) is 0 Å². The van der Waals surface area contributed by atoms with E-state index in [-0.39, 0.29) is 11.7 Å². The molecule has 1 aromatic carbocycles. The number of ether oxygens (including phenoxy) is 2. The molecular weight excluding hydrogens is 228 g/mol. The summed E-state index contributed by atoms with van der Waals surface area (Å²) in [5, 5.41) is 9.52. The molecule has 0 aromatic heterocycles. The molecule has 1 fully saturated rings. The molecule has 0 spiro atoms. The molecule has 3 heteroatoms. The molecule has 3 nitrogen and oxygen atoms in total. The Morgan fingerprint density at radius 1 is 1.50 bits per heavy atom. The van der Waals surface area contributed by atoms with Crippen LogP contribution in [0.1, 0.15) is 45.3 Å². The lowest BCUT2D eigenvalue weighted by Crippen LogP contribution is -2.23. The Balaban J connectivity index is 1.89. The van der Waals surface area contributed by atoms with Crippen LogP contribution in [-0.4, -0.2) is 23.4 Å². The molecule has 2 atom stereocenters. The summed E-state index contributed by atoms with van der Waals surface area (Å²) in [5.41, 5.74) is 0.857. The number of hydrogen-bond acceptors (Lipinski definition) is 3. The van der Waals surface area contributed by atoms with E-state index in [9.17, 15) is 5.11 Å². The fraction of sp³-hybridized carbons (Fsp3) is 0.600. The summed E-state index contributed by atoms with van der Waals surface area (Å²) in [6.45, 7) is 6.55. The van der Waals surface area contributed by atoms with Crippen molar-refractivity contribution in [3.63, 3.8) is 0 Å².